The zero-order chi connectivity index (χ0) is 13.0. The van der Waals surface area contributed by atoms with E-state index in [1.165, 1.54) is 0 Å². The lowest BCUT2D eigenvalue weighted by Gasteiger charge is -2.04. The topological polar surface area (TPSA) is 41.5 Å². The zero-order valence-corrected chi connectivity index (χ0v) is 10.2. The molecule has 1 N–H and O–H groups in total. The summed E-state index contributed by atoms with van der Waals surface area (Å²) in [5, 5.41) is 2.99. The molecule has 0 atom stereocenters. The molecule has 0 spiro atoms. The number of rotatable bonds is 3. The van der Waals surface area contributed by atoms with Gasteiger partial charge in [-0.25, -0.2) is 0 Å². The Morgan fingerprint density at radius 1 is 1.33 bits per heavy atom. The summed E-state index contributed by atoms with van der Waals surface area (Å²) in [5.74, 6) is 0.670. The number of hydrogen-bond donors (Lipinski definition) is 1. The van der Waals surface area contributed by atoms with Gasteiger partial charge in [0.2, 0.25) is 0 Å². The summed E-state index contributed by atoms with van der Waals surface area (Å²) in [6.45, 7) is 3.66. The van der Waals surface area contributed by atoms with Crippen LogP contribution in [0.3, 0.4) is 0 Å². The molecule has 0 saturated heterocycles. The van der Waals surface area contributed by atoms with Gasteiger partial charge < -0.3 is 5.32 Å². The third-order valence-corrected chi connectivity index (χ3v) is 2.69. The van der Waals surface area contributed by atoms with Crippen LogP contribution in [0, 0.1) is 0 Å². The Morgan fingerprint density at radius 2 is 2.06 bits per heavy atom. The molecule has 1 aromatic carbocycles. The van der Waals surface area contributed by atoms with E-state index in [-0.39, 0.29) is 5.78 Å². The predicted octanol–water partition coefficient (Wildman–Crippen LogP) is 2.50. The molecular formula is C15H14N2O. The number of nitrogens with one attached hydrogen (secondary N) is 1. The van der Waals surface area contributed by atoms with Gasteiger partial charge in [-0.15, -0.1) is 0 Å². The average Bonchev–Trinajstić information content (AvgIpc) is 2.82. The molecule has 1 aliphatic heterocycles. The number of ketones is 1. The van der Waals surface area contributed by atoms with E-state index < -0.39 is 0 Å². The van der Waals surface area contributed by atoms with Crippen molar-refractivity contribution in [3.63, 3.8) is 0 Å². The molecule has 90 valence electrons. The van der Waals surface area contributed by atoms with Gasteiger partial charge >= 0.3 is 0 Å². The van der Waals surface area contributed by atoms with Crippen molar-refractivity contribution in [3.05, 3.63) is 72.0 Å². The average molecular weight is 238 g/mol. The van der Waals surface area contributed by atoms with Crippen LogP contribution in [-0.4, -0.2) is 18.7 Å². The van der Waals surface area contributed by atoms with Crippen LogP contribution in [0.15, 0.2) is 71.4 Å². The molecule has 1 aromatic rings. The fourth-order valence-electron chi connectivity index (χ4n) is 1.83. The van der Waals surface area contributed by atoms with Crippen molar-refractivity contribution in [1.29, 1.82) is 0 Å². The van der Waals surface area contributed by atoms with Crippen LogP contribution in [0.2, 0.25) is 0 Å². The van der Waals surface area contributed by atoms with Gasteiger partial charge in [0, 0.05) is 30.0 Å². The van der Waals surface area contributed by atoms with Crippen LogP contribution >= 0.6 is 0 Å². The second kappa shape index (κ2) is 5.27. The van der Waals surface area contributed by atoms with Crippen molar-refractivity contribution in [2.24, 2.45) is 4.99 Å². The molecule has 3 heteroatoms. The number of carbonyl (C=O) groups is 1. The molecule has 0 fully saturated rings. The van der Waals surface area contributed by atoms with Gasteiger partial charge in [-0.05, 0) is 0 Å². The van der Waals surface area contributed by atoms with Crippen molar-refractivity contribution < 1.29 is 4.79 Å². The Morgan fingerprint density at radius 3 is 2.67 bits per heavy atom. The number of Topliss-reactive ketones (excluding diaryl/α,β-unsaturated/α-hetero) is 1. The van der Waals surface area contributed by atoms with Crippen molar-refractivity contribution in [2.75, 3.05) is 7.05 Å². The monoisotopic (exact) mass is 238 g/mol. The number of allylic oxidation sites excluding steroid dienone is 2. The van der Waals surface area contributed by atoms with Crippen molar-refractivity contribution in [2.45, 2.75) is 0 Å². The van der Waals surface area contributed by atoms with Gasteiger partial charge in [0.25, 0.3) is 0 Å². The molecule has 1 aliphatic rings. The third kappa shape index (κ3) is 2.15. The zero-order valence-electron chi connectivity index (χ0n) is 10.2. The summed E-state index contributed by atoms with van der Waals surface area (Å²) < 4.78 is 0. The highest BCUT2D eigenvalue weighted by molar-refractivity contribution is 6.22. The maximum atomic E-state index is 12.4. The summed E-state index contributed by atoms with van der Waals surface area (Å²) in [7, 11) is 1.68. The van der Waals surface area contributed by atoms with Gasteiger partial charge in [0.05, 0.1) is 0 Å². The highest BCUT2D eigenvalue weighted by Crippen LogP contribution is 2.21. The van der Waals surface area contributed by atoms with Gasteiger partial charge in [0.1, 0.15) is 5.84 Å². The number of carbonyl (C=O) groups excluding carboxylic acids is 1. The normalized spacial score (nSPS) is 18.6. The summed E-state index contributed by atoms with van der Waals surface area (Å²) in [4.78, 5) is 16.5. The number of aliphatic imine (C=N–C) groups is 1. The van der Waals surface area contributed by atoms with Crippen LogP contribution in [0.5, 0.6) is 0 Å². The van der Waals surface area contributed by atoms with Gasteiger partial charge in [0.15, 0.2) is 5.78 Å². The summed E-state index contributed by atoms with van der Waals surface area (Å²) >= 11 is 0. The van der Waals surface area contributed by atoms with Crippen molar-refractivity contribution in [3.8, 4) is 0 Å². The van der Waals surface area contributed by atoms with Crippen LogP contribution in [0.25, 0.3) is 0 Å². The van der Waals surface area contributed by atoms with E-state index in [4.69, 9.17) is 0 Å². The highest BCUT2D eigenvalue weighted by Gasteiger charge is 2.24. The Labute approximate surface area is 106 Å². The Bertz CT molecular complexity index is 565. The first-order chi connectivity index (χ1) is 8.77. The molecule has 3 nitrogen and oxygen atoms in total. The van der Waals surface area contributed by atoms with E-state index in [1.807, 2.05) is 18.2 Å². The maximum Gasteiger partial charge on any atom is 0.195 e. The summed E-state index contributed by atoms with van der Waals surface area (Å²) in [6.07, 6.45) is 5.13. The largest absolute Gasteiger partial charge is 0.346 e. The molecular weight excluding hydrogens is 224 g/mol. The minimum Gasteiger partial charge on any atom is -0.346 e. The van der Waals surface area contributed by atoms with E-state index in [1.54, 1.807) is 37.5 Å². The Balaban J connectivity index is 2.38. The smallest absolute Gasteiger partial charge is 0.195 e. The summed E-state index contributed by atoms with van der Waals surface area (Å²) in [5.41, 5.74) is 2.06. The standard InChI is InChI=1S/C15H14N2O/c1-3-7-12-13(10-17-15(12)16-2)14(18)11-8-5-4-6-9-11/h3-10H,1H2,2H3,(H,16,17)/b12-7-. The molecule has 1 heterocycles. The van der Waals surface area contributed by atoms with Crippen LogP contribution < -0.4 is 5.32 Å². The minimum absolute atomic E-state index is 0.0187. The lowest BCUT2D eigenvalue weighted by Crippen LogP contribution is -2.13. The van der Waals surface area contributed by atoms with Gasteiger partial charge in [-0.2, -0.15) is 0 Å². The molecule has 18 heavy (non-hydrogen) atoms. The predicted molar refractivity (Wildman–Crippen MR) is 73.6 cm³/mol. The number of hydrogen-bond acceptors (Lipinski definition) is 2. The van der Waals surface area contributed by atoms with E-state index in [0.717, 1.165) is 5.57 Å². The minimum atomic E-state index is -0.0187. The number of benzene rings is 1. The lowest BCUT2D eigenvalue weighted by molar-refractivity contribution is 0.103. The summed E-state index contributed by atoms with van der Waals surface area (Å²) in [6, 6.07) is 9.19. The Kier molecular flexibility index (Phi) is 3.53. The Hall–Kier alpha value is -2.42. The van der Waals surface area contributed by atoms with Crippen LogP contribution in [0.1, 0.15) is 10.4 Å². The fourth-order valence-corrected chi connectivity index (χ4v) is 1.83. The van der Waals surface area contributed by atoms with Crippen LogP contribution in [-0.2, 0) is 0 Å². The molecule has 0 aromatic heterocycles. The number of nitrogens with zero attached hydrogens (tertiary/aromatic N) is 1. The second-order valence-electron chi connectivity index (χ2n) is 3.79. The van der Waals surface area contributed by atoms with Crippen LogP contribution in [0.4, 0.5) is 0 Å². The first-order valence-electron chi connectivity index (χ1n) is 5.64. The van der Waals surface area contributed by atoms with E-state index in [9.17, 15) is 4.79 Å². The second-order valence-corrected chi connectivity index (χ2v) is 3.79. The number of amidine groups is 1. The maximum absolute atomic E-state index is 12.4. The van der Waals surface area contributed by atoms with Gasteiger partial charge in [-0.3, -0.25) is 9.79 Å². The van der Waals surface area contributed by atoms with E-state index in [0.29, 0.717) is 17.0 Å². The van der Waals surface area contributed by atoms with E-state index in [2.05, 4.69) is 16.9 Å². The third-order valence-electron chi connectivity index (χ3n) is 2.69. The van der Waals surface area contributed by atoms with E-state index >= 15 is 0 Å². The fraction of sp³-hybridized carbons (Fsp3) is 0.0667. The molecule has 0 amide bonds. The SMILES string of the molecule is C=C/C=C1/C(C(=O)c2ccccc2)=CNC1=NC. The van der Waals surface area contributed by atoms with Crippen molar-refractivity contribution in [1.82, 2.24) is 5.32 Å². The molecule has 0 radical (unpaired) electrons. The first-order valence-corrected chi connectivity index (χ1v) is 5.64. The molecule has 0 aliphatic carbocycles. The first kappa shape index (κ1) is 12.0. The molecule has 0 saturated carbocycles. The molecule has 0 bridgehead atoms. The van der Waals surface area contributed by atoms with Gasteiger partial charge in [-0.1, -0.05) is 49.1 Å². The molecule has 2 rings (SSSR count). The lowest BCUT2D eigenvalue weighted by atomic mass is 9.98. The molecule has 0 unspecified atom stereocenters. The highest BCUT2D eigenvalue weighted by atomic mass is 16.1. The quantitative estimate of drug-likeness (QED) is 0.822. The van der Waals surface area contributed by atoms with Crippen molar-refractivity contribution >= 4 is 11.6 Å².